The predicted octanol–water partition coefficient (Wildman–Crippen LogP) is 6.05. The van der Waals surface area contributed by atoms with Gasteiger partial charge in [-0.1, -0.05) is 45.7 Å². The zero-order valence-corrected chi connectivity index (χ0v) is 19.5. The average Bonchev–Trinajstić information content (AvgIpc) is 3.40. The van der Waals surface area contributed by atoms with E-state index < -0.39 is 48.0 Å². The number of aliphatic hydroxyl groups is 1. The number of nitrogens with zero attached hydrogens (tertiary/aromatic N) is 4. The minimum absolute atomic E-state index is 0.00368. The lowest BCUT2D eigenvalue weighted by Crippen LogP contribution is -2.13. The molecule has 0 amide bonds. The number of hydrogen-bond acceptors (Lipinski definition) is 6. The van der Waals surface area contributed by atoms with Gasteiger partial charge in [-0.25, -0.2) is 4.68 Å². The van der Waals surface area contributed by atoms with Gasteiger partial charge < -0.3 is 9.63 Å². The molecule has 2 aromatic heterocycles. The lowest BCUT2D eigenvalue weighted by molar-refractivity contribution is -0.143. The van der Waals surface area contributed by atoms with E-state index in [0.29, 0.717) is 12.1 Å². The third kappa shape index (κ3) is 5.33. The van der Waals surface area contributed by atoms with E-state index in [9.17, 15) is 36.2 Å². The first-order valence-corrected chi connectivity index (χ1v) is 10.8. The maximum Gasteiger partial charge on any atom is 0.416 e. The van der Waals surface area contributed by atoms with Crippen molar-refractivity contribution in [3.05, 3.63) is 86.2 Å². The first kappa shape index (κ1) is 26.6. The third-order valence-electron chi connectivity index (χ3n) is 5.13. The molecule has 0 fully saturated rings. The Morgan fingerprint density at radius 1 is 0.973 bits per heavy atom. The summed E-state index contributed by atoms with van der Waals surface area (Å²) in [6.45, 7) is -1.37. The van der Waals surface area contributed by atoms with Gasteiger partial charge in [0.15, 0.2) is 16.6 Å². The van der Waals surface area contributed by atoms with E-state index >= 15 is 0 Å². The minimum Gasteiger partial charge on any atom is -0.388 e. The van der Waals surface area contributed by atoms with Crippen molar-refractivity contribution in [1.82, 2.24) is 20.2 Å². The fraction of sp³-hybridized carbons (Fsp3) is 0.182. The van der Waals surface area contributed by atoms with Crippen LogP contribution in [-0.4, -0.2) is 31.0 Å². The van der Waals surface area contributed by atoms with Gasteiger partial charge in [-0.15, -0.1) is 5.10 Å². The van der Waals surface area contributed by atoms with Crippen LogP contribution in [0, 0.1) is 0 Å². The second kappa shape index (κ2) is 9.80. The van der Waals surface area contributed by atoms with Crippen molar-refractivity contribution in [2.45, 2.75) is 25.5 Å². The van der Waals surface area contributed by atoms with Crippen molar-refractivity contribution < 1.29 is 40.8 Å². The maximum atomic E-state index is 13.2. The highest BCUT2D eigenvalue weighted by Gasteiger charge is 2.37. The summed E-state index contributed by atoms with van der Waals surface area (Å²) in [5, 5.41) is 20.5. The molecular weight excluding hydrogens is 553 g/mol. The molecule has 0 aliphatic rings. The molecule has 15 heteroatoms. The smallest absolute Gasteiger partial charge is 0.388 e. The van der Waals surface area contributed by atoms with E-state index in [2.05, 4.69) is 15.5 Å². The number of alkyl halides is 6. The maximum absolute atomic E-state index is 13.2. The Balaban J connectivity index is 1.76. The van der Waals surface area contributed by atoms with Crippen molar-refractivity contribution in [3.8, 4) is 11.4 Å². The SMILES string of the molecule is O=C(c1ccccc1Cl)c1c(-c2nnn(Cc3cc(C(F)(F)F)cc(C(F)(F)F)c3)c2Cl)noc1CO. The zero-order valence-electron chi connectivity index (χ0n) is 18.0. The zero-order chi connectivity index (χ0) is 27.1. The summed E-state index contributed by atoms with van der Waals surface area (Å²) < 4.78 is 85.0. The third-order valence-corrected chi connectivity index (χ3v) is 5.83. The molecule has 4 aromatic rings. The standard InChI is InChI=1S/C22H12Cl2F6N4O3/c23-14-4-2-1-3-13(14)19(36)16-15(9-35)37-32-17(16)18-20(24)34(33-31-18)8-10-5-11(21(25,26)27)7-12(6-10)22(28,29)30/h1-7,35H,8-9H2. The summed E-state index contributed by atoms with van der Waals surface area (Å²) in [7, 11) is 0. The van der Waals surface area contributed by atoms with Crippen LogP contribution >= 0.6 is 23.2 Å². The highest BCUT2D eigenvalue weighted by molar-refractivity contribution is 6.35. The predicted molar refractivity (Wildman–Crippen MR) is 117 cm³/mol. The number of carbonyl (C=O) groups is 1. The lowest BCUT2D eigenvalue weighted by Gasteiger charge is -2.14. The van der Waals surface area contributed by atoms with Crippen LogP contribution in [0.2, 0.25) is 10.2 Å². The van der Waals surface area contributed by atoms with Gasteiger partial charge in [-0.05, 0) is 35.9 Å². The van der Waals surface area contributed by atoms with Crippen molar-refractivity contribution in [2.75, 3.05) is 0 Å². The minimum atomic E-state index is -5.04. The van der Waals surface area contributed by atoms with Gasteiger partial charge >= 0.3 is 12.4 Å². The van der Waals surface area contributed by atoms with Crippen LogP contribution in [0.25, 0.3) is 11.4 Å². The summed E-state index contributed by atoms with van der Waals surface area (Å²) in [6, 6.07) is 7.04. The number of carbonyl (C=O) groups excluding carboxylic acids is 1. The molecule has 4 rings (SSSR count). The highest BCUT2D eigenvalue weighted by atomic mass is 35.5. The second-order valence-electron chi connectivity index (χ2n) is 7.60. The Labute approximate surface area is 213 Å². The summed E-state index contributed by atoms with van der Waals surface area (Å²) in [5.74, 6) is -0.956. The summed E-state index contributed by atoms with van der Waals surface area (Å²) >= 11 is 12.4. The van der Waals surface area contributed by atoms with Gasteiger partial charge in [-0.2, -0.15) is 26.3 Å². The van der Waals surface area contributed by atoms with Gasteiger partial charge in [-0.3, -0.25) is 4.79 Å². The van der Waals surface area contributed by atoms with E-state index in [-0.39, 0.29) is 44.5 Å². The Bertz CT molecular complexity index is 1450. The van der Waals surface area contributed by atoms with Gasteiger partial charge in [0.2, 0.25) is 5.78 Å². The first-order valence-electron chi connectivity index (χ1n) is 10.1. The van der Waals surface area contributed by atoms with Crippen LogP contribution in [-0.2, 0) is 25.5 Å². The van der Waals surface area contributed by atoms with Crippen molar-refractivity contribution >= 4 is 29.0 Å². The van der Waals surface area contributed by atoms with E-state index in [1.165, 1.54) is 12.1 Å². The molecule has 0 saturated carbocycles. The van der Waals surface area contributed by atoms with Crippen LogP contribution in [0.5, 0.6) is 0 Å². The molecule has 0 saturated heterocycles. The molecule has 2 heterocycles. The molecule has 37 heavy (non-hydrogen) atoms. The van der Waals surface area contributed by atoms with E-state index in [0.717, 1.165) is 4.68 Å². The molecule has 0 atom stereocenters. The van der Waals surface area contributed by atoms with Crippen molar-refractivity contribution in [2.24, 2.45) is 0 Å². The van der Waals surface area contributed by atoms with Crippen LogP contribution in [0.4, 0.5) is 26.3 Å². The van der Waals surface area contributed by atoms with Gasteiger partial charge in [0.05, 0.1) is 28.3 Å². The number of aliphatic hydroxyl groups excluding tert-OH is 1. The Hall–Kier alpha value is -3.42. The summed E-state index contributed by atoms with van der Waals surface area (Å²) in [5.41, 5.74) is -4.16. The molecule has 2 aromatic carbocycles. The number of halogens is 8. The van der Waals surface area contributed by atoms with Gasteiger partial charge in [0, 0.05) is 5.56 Å². The van der Waals surface area contributed by atoms with Crippen molar-refractivity contribution in [1.29, 1.82) is 0 Å². The lowest BCUT2D eigenvalue weighted by atomic mass is 10.0. The molecule has 1 N–H and O–H groups in total. The monoisotopic (exact) mass is 564 g/mol. The summed E-state index contributed by atoms with van der Waals surface area (Å²) in [6.07, 6.45) is -10.1. The van der Waals surface area contributed by atoms with E-state index in [4.69, 9.17) is 27.7 Å². The largest absolute Gasteiger partial charge is 0.416 e. The topological polar surface area (TPSA) is 94.0 Å². The number of rotatable bonds is 6. The summed E-state index contributed by atoms with van der Waals surface area (Å²) in [4.78, 5) is 13.2. The molecule has 194 valence electrons. The number of benzene rings is 2. The van der Waals surface area contributed by atoms with E-state index in [1.54, 1.807) is 12.1 Å². The van der Waals surface area contributed by atoms with Gasteiger partial charge in [0.25, 0.3) is 0 Å². The normalized spacial score (nSPS) is 12.2. The molecule has 0 unspecified atom stereocenters. The highest BCUT2D eigenvalue weighted by Crippen LogP contribution is 2.37. The van der Waals surface area contributed by atoms with Crippen LogP contribution in [0.15, 0.2) is 47.0 Å². The van der Waals surface area contributed by atoms with Crippen LogP contribution < -0.4 is 0 Å². The number of hydrogen-bond donors (Lipinski definition) is 1. The molecule has 0 radical (unpaired) electrons. The Kier molecular flexibility index (Phi) is 7.06. The van der Waals surface area contributed by atoms with Crippen LogP contribution in [0.1, 0.15) is 38.4 Å². The Morgan fingerprint density at radius 2 is 1.59 bits per heavy atom. The quantitative estimate of drug-likeness (QED) is 0.226. The molecule has 7 nitrogen and oxygen atoms in total. The molecule has 0 aliphatic heterocycles. The van der Waals surface area contributed by atoms with E-state index in [1.807, 2.05) is 0 Å². The molecule has 0 spiro atoms. The van der Waals surface area contributed by atoms with Crippen LogP contribution in [0.3, 0.4) is 0 Å². The Morgan fingerprint density at radius 3 is 2.16 bits per heavy atom. The fourth-order valence-corrected chi connectivity index (χ4v) is 3.88. The second-order valence-corrected chi connectivity index (χ2v) is 8.36. The average molecular weight is 565 g/mol. The number of aromatic nitrogens is 4. The molecule has 0 aliphatic carbocycles. The molecular formula is C22H12Cl2F6N4O3. The molecule has 0 bridgehead atoms. The fourth-order valence-electron chi connectivity index (χ4n) is 3.44. The van der Waals surface area contributed by atoms with Gasteiger partial charge in [0.1, 0.15) is 12.3 Å². The number of ketones is 1. The first-order chi connectivity index (χ1) is 17.3. The van der Waals surface area contributed by atoms with Crippen molar-refractivity contribution in [3.63, 3.8) is 0 Å².